The maximum absolute atomic E-state index is 4.18. The van der Waals surface area contributed by atoms with Crippen LogP contribution in [0.1, 0.15) is 26.3 Å². The molecule has 0 saturated carbocycles. The molecule has 0 saturated heterocycles. The third-order valence-corrected chi connectivity index (χ3v) is 3.75. The smallest absolute Gasteiger partial charge is 0.0531 e. The van der Waals surface area contributed by atoms with E-state index in [1.807, 2.05) is 24.2 Å². The number of thioether (sulfide) groups is 1. The molecule has 0 amide bonds. The Morgan fingerprint density at radius 3 is 2.62 bits per heavy atom. The van der Waals surface area contributed by atoms with E-state index in [1.165, 1.54) is 11.3 Å². The van der Waals surface area contributed by atoms with E-state index < -0.39 is 0 Å². The van der Waals surface area contributed by atoms with Crippen molar-refractivity contribution < 1.29 is 0 Å². The highest BCUT2D eigenvalue weighted by Crippen LogP contribution is 2.13. The fourth-order valence-electron chi connectivity index (χ4n) is 1.44. The summed E-state index contributed by atoms with van der Waals surface area (Å²) in [5.41, 5.74) is 2.32. The zero-order valence-corrected chi connectivity index (χ0v) is 11.5. The number of nitrogens with one attached hydrogen (secondary N) is 1. The van der Waals surface area contributed by atoms with Gasteiger partial charge in [0.2, 0.25) is 0 Å². The number of aryl methyl sites for hydroxylation is 1. The average Bonchev–Trinajstić information content (AvgIpc) is 2.16. The third kappa shape index (κ3) is 5.40. The van der Waals surface area contributed by atoms with Crippen LogP contribution in [0.25, 0.3) is 0 Å². The van der Waals surface area contributed by atoms with E-state index in [4.69, 9.17) is 0 Å². The molecule has 1 rings (SSSR count). The van der Waals surface area contributed by atoms with Crippen LogP contribution >= 0.6 is 11.8 Å². The standard InChI is InChI=1S/C13H22N2S/c1-10(2)8-16-9-12(4)15-13-5-11(3)6-14-7-13/h5-7,10,12,15H,8-9H2,1-4H3. The van der Waals surface area contributed by atoms with Crippen LogP contribution < -0.4 is 5.32 Å². The lowest BCUT2D eigenvalue weighted by molar-refractivity contribution is 0.748. The molecule has 0 aliphatic carbocycles. The van der Waals surface area contributed by atoms with Gasteiger partial charge >= 0.3 is 0 Å². The molecule has 2 nitrogen and oxygen atoms in total. The van der Waals surface area contributed by atoms with Crippen LogP contribution in [0.15, 0.2) is 18.5 Å². The molecule has 1 atom stereocenters. The molecule has 0 spiro atoms. The number of nitrogens with zero attached hydrogens (tertiary/aromatic N) is 1. The summed E-state index contributed by atoms with van der Waals surface area (Å²) in [5, 5.41) is 3.47. The van der Waals surface area contributed by atoms with Crippen LogP contribution in [0.4, 0.5) is 5.69 Å². The minimum Gasteiger partial charge on any atom is -0.381 e. The molecule has 1 aromatic heterocycles. The second-order valence-corrected chi connectivity index (χ2v) is 5.80. The minimum absolute atomic E-state index is 0.493. The molecule has 0 aliphatic heterocycles. The molecule has 0 fully saturated rings. The van der Waals surface area contributed by atoms with E-state index in [1.54, 1.807) is 0 Å². The van der Waals surface area contributed by atoms with Gasteiger partial charge in [-0.05, 0) is 37.1 Å². The Morgan fingerprint density at radius 2 is 2.00 bits per heavy atom. The summed E-state index contributed by atoms with van der Waals surface area (Å²) < 4.78 is 0. The first-order chi connectivity index (χ1) is 7.58. The number of hydrogen-bond acceptors (Lipinski definition) is 3. The molecule has 1 N–H and O–H groups in total. The Morgan fingerprint density at radius 1 is 1.25 bits per heavy atom. The SMILES string of the molecule is Cc1cncc(NC(C)CSCC(C)C)c1. The van der Waals surface area contributed by atoms with Gasteiger partial charge in [-0.1, -0.05) is 13.8 Å². The lowest BCUT2D eigenvalue weighted by Crippen LogP contribution is -2.18. The quantitative estimate of drug-likeness (QED) is 0.820. The van der Waals surface area contributed by atoms with Crippen molar-refractivity contribution >= 4 is 17.4 Å². The molecule has 1 aromatic rings. The summed E-state index contributed by atoms with van der Waals surface area (Å²) >= 11 is 2.01. The lowest BCUT2D eigenvalue weighted by Gasteiger charge is -2.15. The van der Waals surface area contributed by atoms with Crippen molar-refractivity contribution in [2.24, 2.45) is 5.92 Å². The molecule has 16 heavy (non-hydrogen) atoms. The van der Waals surface area contributed by atoms with Crippen molar-refractivity contribution in [2.45, 2.75) is 33.7 Å². The maximum Gasteiger partial charge on any atom is 0.0531 e. The van der Waals surface area contributed by atoms with Gasteiger partial charge < -0.3 is 5.32 Å². The van der Waals surface area contributed by atoms with Crippen molar-refractivity contribution in [2.75, 3.05) is 16.8 Å². The number of rotatable bonds is 6. The van der Waals surface area contributed by atoms with Gasteiger partial charge in [0.25, 0.3) is 0 Å². The Hall–Kier alpha value is -0.700. The summed E-state index contributed by atoms with van der Waals surface area (Å²) in [5.74, 6) is 3.15. The van der Waals surface area contributed by atoms with Crippen LogP contribution in [0.3, 0.4) is 0 Å². The van der Waals surface area contributed by atoms with Gasteiger partial charge in [-0.2, -0.15) is 11.8 Å². The number of anilines is 1. The van der Waals surface area contributed by atoms with Crippen molar-refractivity contribution in [3.63, 3.8) is 0 Å². The van der Waals surface area contributed by atoms with E-state index in [9.17, 15) is 0 Å². The molecule has 1 heterocycles. The van der Waals surface area contributed by atoms with Gasteiger partial charge in [0, 0.05) is 24.2 Å². The summed E-state index contributed by atoms with van der Waals surface area (Å²) in [6.07, 6.45) is 3.76. The van der Waals surface area contributed by atoms with Crippen molar-refractivity contribution in [1.82, 2.24) is 4.98 Å². The van der Waals surface area contributed by atoms with Crippen molar-refractivity contribution in [3.8, 4) is 0 Å². The van der Waals surface area contributed by atoms with E-state index in [0.717, 1.165) is 17.4 Å². The number of pyridine rings is 1. The van der Waals surface area contributed by atoms with Gasteiger partial charge in [-0.25, -0.2) is 0 Å². The largest absolute Gasteiger partial charge is 0.381 e. The van der Waals surface area contributed by atoms with Crippen molar-refractivity contribution in [3.05, 3.63) is 24.0 Å². The van der Waals surface area contributed by atoms with Gasteiger partial charge in [0.15, 0.2) is 0 Å². The average molecular weight is 238 g/mol. The van der Waals surface area contributed by atoms with Crippen LogP contribution in [-0.4, -0.2) is 22.5 Å². The molecule has 90 valence electrons. The minimum atomic E-state index is 0.493. The topological polar surface area (TPSA) is 24.9 Å². The van der Waals surface area contributed by atoms with Gasteiger partial charge in [-0.3, -0.25) is 4.98 Å². The summed E-state index contributed by atoms with van der Waals surface area (Å²) in [4.78, 5) is 4.18. The van der Waals surface area contributed by atoms with E-state index in [0.29, 0.717) is 6.04 Å². The normalized spacial score (nSPS) is 12.8. The van der Waals surface area contributed by atoms with E-state index in [-0.39, 0.29) is 0 Å². The molecular weight excluding hydrogens is 216 g/mol. The second kappa shape index (κ2) is 6.79. The third-order valence-electron chi connectivity index (χ3n) is 2.11. The monoisotopic (exact) mass is 238 g/mol. The predicted octanol–water partition coefficient (Wildman–Crippen LogP) is 3.58. The van der Waals surface area contributed by atoms with E-state index >= 15 is 0 Å². The molecule has 0 bridgehead atoms. The second-order valence-electron chi connectivity index (χ2n) is 4.73. The molecular formula is C13H22N2S. The lowest BCUT2D eigenvalue weighted by atomic mass is 10.3. The first kappa shape index (κ1) is 13.4. The first-order valence-electron chi connectivity index (χ1n) is 5.84. The van der Waals surface area contributed by atoms with E-state index in [2.05, 4.69) is 44.1 Å². The highest BCUT2D eigenvalue weighted by Gasteiger charge is 2.03. The van der Waals surface area contributed by atoms with Crippen LogP contribution in [0, 0.1) is 12.8 Å². The van der Waals surface area contributed by atoms with Crippen LogP contribution in [0.2, 0.25) is 0 Å². The van der Waals surface area contributed by atoms with Crippen LogP contribution in [-0.2, 0) is 0 Å². The van der Waals surface area contributed by atoms with Gasteiger partial charge in [-0.15, -0.1) is 0 Å². The number of aromatic nitrogens is 1. The Balaban J connectivity index is 2.31. The summed E-state index contributed by atoms with van der Waals surface area (Å²) in [6.45, 7) is 8.80. The molecule has 0 aliphatic rings. The molecule has 3 heteroatoms. The van der Waals surface area contributed by atoms with Crippen molar-refractivity contribution in [1.29, 1.82) is 0 Å². The Kier molecular flexibility index (Phi) is 5.67. The fourth-order valence-corrected chi connectivity index (χ4v) is 2.48. The number of hydrogen-bond donors (Lipinski definition) is 1. The molecule has 0 radical (unpaired) electrons. The summed E-state index contributed by atoms with van der Waals surface area (Å²) in [7, 11) is 0. The summed E-state index contributed by atoms with van der Waals surface area (Å²) in [6, 6.07) is 2.63. The maximum atomic E-state index is 4.18. The van der Waals surface area contributed by atoms with Gasteiger partial charge in [0.05, 0.1) is 5.69 Å². The van der Waals surface area contributed by atoms with Gasteiger partial charge in [0.1, 0.15) is 0 Å². The Bertz CT molecular complexity index is 313. The predicted molar refractivity (Wildman–Crippen MR) is 74.2 cm³/mol. The molecule has 1 unspecified atom stereocenters. The molecule has 0 aromatic carbocycles. The fraction of sp³-hybridized carbons (Fsp3) is 0.615. The first-order valence-corrected chi connectivity index (χ1v) is 6.99. The van der Waals surface area contributed by atoms with Crippen LogP contribution in [0.5, 0.6) is 0 Å². The zero-order chi connectivity index (χ0) is 12.0. The zero-order valence-electron chi connectivity index (χ0n) is 10.7. The Labute approximate surface area is 103 Å². The highest BCUT2D eigenvalue weighted by atomic mass is 32.2. The highest BCUT2D eigenvalue weighted by molar-refractivity contribution is 7.99.